The molecule has 0 aromatic carbocycles. The monoisotopic (exact) mass is 738 g/mol. The molecule has 0 aromatic heterocycles. The highest BCUT2D eigenvalue weighted by Gasteiger charge is 2.44. The van der Waals surface area contributed by atoms with Crippen molar-refractivity contribution in [2.75, 3.05) is 26.4 Å². The Hall–Kier alpha value is -3.44. The third-order valence-corrected chi connectivity index (χ3v) is 10.0. The molecule has 6 atom stereocenters. The van der Waals surface area contributed by atoms with Crippen LogP contribution >= 0.6 is 0 Å². The normalized spacial score (nSPS) is 18.7. The zero-order valence-corrected chi connectivity index (χ0v) is 32.4. The van der Waals surface area contributed by atoms with Crippen LogP contribution in [0.1, 0.15) is 144 Å². The maximum atomic E-state index is 13.1. The van der Waals surface area contributed by atoms with Gasteiger partial charge in [0, 0.05) is 12.8 Å². The van der Waals surface area contributed by atoms with E-state index < -0.39 is 54.0 Å². The summed E-state index contributed by atoms with van der Waals surface area (Å²) in [4.78, 5) is 74.5. The zero-order valence-electron chi connectivity index (χ0n) is 32.4. The van der Waals surface area contributed by atoms with E-state index in [1.54, 1.807) is 13.0 Å². The van der Waals surface area contributed by atoms with Gasteiger partial charge in [-0.1, -0.05) is 77.9 Å². The third-order valence-electron chi connectivity index (χ3n) is 10.0. The molecule has 2 N–H and O–H groups in total. The Bertz CT molecular complexity index is 1130. The van der Waals surface area contributed by atoms with Crippen LogP contribution in [-0.2, 0) is 47.7 Å². The average Bonchev–Trinajstić information content (AvgIpc) is 3.11. The van der Waals surface area contributed by atoms with Crippen molar-refractivity contribution < 1.29 is 57.9 Å². The van der Waals surface area contributed by atoms with E-state index in [0.717, 1.165) is 51.4 Å². The van der Waals surface area contributed by atoms with Gasteiger partial charge in [-0.25, -0.2) is 0 Å². The molecule has 1 rings (SSSR count). The standard InChI is InChI=1S/C40H66O12/c1-6-10-17-29(8-3)26-51-35(43)19-13-12-15-21-49-39(47)32(25-34(41)42)31-23-28(5)37(33(24-31)38(45)46)40(48)50-22-16-14-20-36(44)52-27-30(9-4)18-11-7-2/h23,29-33,37H,6-22,24-27H2,1-5H3,(H,41,42)(H,45,46). The first kappa shape index (κ1) is 46.6. The van der Waals surface area contributed by atoms with Crippen LogP contribution in [0.3, 0.4) is 0 Å². The predicted molar refractivity (Wildman–Crippen MR) is 195 cm³/mol. The van der Waals surface area contributed by atoms with Crippen LogP contribution in [0.4, 0.5) is 0 Å². The van der Waals surface area contributed by atoms with Crippen LogP contribution < -0.4 is 0 Å². The minimum Gasteiger partial charge on any atom is -0.481 e. The van der Waals surface area contributed by atoms with E-state index in [9.17, 15) is 39.0 Å². The molecule has 0 amide bonds. The largest absolute Gasteiger partial charge is 0.481 e. The summed E-state index contributed by atoms with van der Waals surface area (Å²) >= 11 is 0. The molecule has 0 bridgehead atoms. The van der Waals surface area contributed by atoms with Crippen LogP contribution in [0.5, 0.6) is 0 Å². The number of hydrogen-bond donors (Lipinski definition) is 2. The fourth-order valence-electron chi connectivity index (χ4n) is 6.55. The lowest BCUT2D eigenvalue weighted by Crippen LogP contribution is -2.40. The molecule has 0 spiro atoms. The van der Waals surface area contributed by atoms with Gasteiger partial charge in [0.2, 0.25) is 0 Å². The number of carbonyl (C=O) groups excluding carboxylic acids is 4. The van der Waals surface area contributed by atoms with E-state index in [1.807, 2.05) is 0 Å². The number of esters is 4. The van der Waals surface area contributed by atoms with Crippen LogP contribution in [0.2, 0.25) is 0 Å². The van der Waals surface area contributed by atoms with Crippen molar-refractivity contribution in [2.24, 2.45) is 35.5 Å². The van der Waals surface area contributed by atoms with Gasteiger partial charge in [0.05, 0.1) is 50.6 Å². The van der Waals surface area contributed by atoms with E-state index in [1.165, 1.54) is 0 Å². The number of aliphatic carboxylic acids is 2. The molecule has 0 fully saturated rings. The van der Waals surface area contributed by atoms with E-state index >= 15 is 0 Å². The summed E-state index contributed by atoms with van der Waals surface area (Å²) in [6.45, 7) is 10.9. The predicted octanol–water partition coefficient (Wildman–Crippen LogP) is 7.70. The Kier molecular flexibility index (Phi) is 24.4. The molecule has 1 aliphatic carbocycles. The van der Waals surface area contributed by atoms with Gasteiger partial charge in [0.15, 0.2) is 0 Å². The maximum Gasteiger partial charge on any atom is 0.313 e. The molecule has 0 aliphatic heterocycles. The lowest BCUT2D eigenvalue weighted by atomic mass is 9.70. The van der Waals surface area contributed by atoms with Gasteiger partial charge in [-0.15, -0.1) is 0 Å². The van der Waals surface area contributed by atoms with Gasteiger partial charge in [-0.3, -0.25) is 28.8 Å². The highest BCUT2D eigenvalue weighted by atomic mass is 16.5. The van der Waals surface area contributed by atoms with Crippen molar-refractivity contribution in [3.05, 3.63) is 11.6 Å². The van der Waals surface area contributed by atoms with Crippen molar-refractivity contribution in [3.8, 4) is 0 Å². The van der Waals surface area contributed by atoms with E-state index in [4.69, 9.17) is 18.9 Å². The van der Waals surface area contributed by atoms with Crippen molar-refractivity contribution in [1.29, 1.82) is 0 Å². The second-order valence-corrected chi connectivity index (χ2v) is 14.2. The van der Waals surface area contributed by atoms with Gasteiger partial charge in [-0.05, 0) is 76.0 Å². The Labute approximate surface area is 310 Å². The lowest BCUT2D eigenvalue weighted by molar-refractivity contribution is -0.159. The number of carboxylic acids is 2. The summed E-state index contributed by atoms with van der Waals surface area (Å²) in [5.74, 6) is -8.00. The topological polar surface area (TPSA) is 180 Å². The smallest absolute Gasteiger partial charge is 0.313 e. The number of hydrogen-bond acceptors (Lipinski definition) is 10. The van der Waals surface area contributed by atoms with Crippen molar-refractivity contribution in [1.82, 2.24) is 0 Å². The van der Waals surface area contributed by atoms with E-state index in [2.05, 4.69) is 27.7 Å². The van der Waals surface area contributed by atoms with Crippen LogP contribution in [-0.4, -0.2) is 72.5 Å². The van der Waals surface area contributed by atoms with Gasteiger partial charge in [0.1, 0.15) is 0 Å². The van der Waals surface area contributed by atoms with Gasteiger partial charge in [-0.2, -0.15) is 0 Å². The molecule has 12 nitrogen and oxygen atoms in total. The number of carboxylic acid groups (broad SMARTS) is 2. The molecule has 0 radical (unpaired) electrons. The molecule has 298 valence electrons. The third kappa shape index (κ3) is 18.9. The first-order valence-corrected chi connectivity index (χ1v) is 19.6. The molecule has 52 heavy (non-hydrogen) atoms. The molecule has 1 aliphatic rings. The molecule has 0 saturated carbocycles. The summed E-state index contributed by atoms with van der Waals surface area (Å²) in [5, 5.41) is 19.6. The Morgan fingerprint density at radius 3 is 1.73 bits per heavy atom. The summed E-state index contributed by atoms with van der Waals surface area (Å²) in [5.41, 5.74) is 0.386. The summed E-state index contributed by atoms with van der Waals surface area (Å²) < 4.78 is 21.7. The van der Waals surface area contributed by atoms with Crippen molar-refractivity contribution in [3.63, 3.8) is 0 Å². The Morgan fingerprint density at radius 2 is 1.23 bits per heavy atom. The van der Waals surface area contributed by atoms with Gasteiger partial charge < -0.3 is 29.2 Å². The first-order chi connectivity index (χ1) is 24.9. The van der Waals surface area contributed by atoms with E-state index in [-0.39, 0.29) is 44.4 Å². The molecule has 6 unspecified atom stereocenters. The summed E-state index contributed by atoms with van der Waals surface area (Å²) in [6.07, 6.45) is 12.2. The molecule has 0 heterocycles. The van der Waals surface area contributed by atoms with Crippen LogP contribution in [0, 0.1) is 35.5 Å². The average molecular weight is 739 g/mol. The van der Waals surface area contributed by atoms with Gasteiger partial charge in [0.25, 0.3) is 0 Å². The fraction of sp³-hybridized carbons (Fsp3) is 0.800. The molecular weight excluding hydrogens is 672 g/mol. The van der Waals surface area contributed by atoms with E-state index in [0.29, 0.717) is 62.7 Å². The van der Waals surface area contributed by atoms with Crippen molar-refractivity contribution >= 4 is 35.8 Å². The zero-order chi connectivity index (χ0) is 38.9. The lowest BCUT2D eigenvalue weighted by Gasteiger charge is -2.34. The SMILES string of the molecule is CCCCC(CC)COC(=O)CCCCCOC(=O)C(CC(=O)O)C1C=C(C)C(C(=O)OCCCCC(=O)OCC(CC)CCCC)C(C(=O)O)C1. The number of allylic oxidation sites excluding steroid dienone is 1. The van der Waals surface area contributed by atoms with Crippen LogP contribution in [0.15, 0.2) is 11.6 Å². The highest BCUT2D eigenvalue weighted by molar-refractivity contribution is 5.85. The summed E-state index contributed by atoms with van der Waals surface area (Å²) in [7, 11) is 0. The second-order valence-electron chi connectivity index (χ2n) is 14.2. The Balaban J connectivity index is 2.62. The minimum absolute atomic E-state index is 0.00721. The highest BCUT2D eigenvalue weighted by Crippen LogP contribution is 2.39. The number of ether oxygens (including phenoxy) is 4. The van der Waals surface area contributed by atoms with Crippen molar-refractivity contribution in [2.45, 2.75) is 144 Å². The van der Waals surface area contributed by atoms with Gasteiger partial charge >= 0.3 is 35.8 Å². The van der Waals surface area contributed by atoms with Crippen LogP contribution in [0.25, 0.3) is 0 Å². The number of unbranched alkanes of at least 4 members (excludes halogenated alkanes) is 5. The minimum atomic E-state index is -1.25. The fourth-order valence-corrected chi connectivity index (χ4v) is 6.55. The Morgan fingerprint density at radius 1 is 0.712 bits per heavy atom. The summed E-state index contributed by atoms with van der Waals surface area (Å²) in [6, 6.07) is 0. The first-order valence-electron chi connectivity index (χ1n) is 19.6. The molecule has 0 saturated heterocycles. The quantitative estimate of drug-likeness (QED) is 0.0331. The molecule has 12 heteroatoms. The number of carbonyl (C=O) groups is 6. The maximum absolute atomic E-state index is 13.1. The number of rotatable bonds is 29. The molecule has 0 aromatic rings. The second kappa shape index (κ2) is 27.2. The molecular formula is C40H66O12.